The number of nitrogens with zero attached hydrogens (tertiary/aromatic N) is 2. The minimum Gasteiger partial charge on any atom is -0.488 e. The van der Waals surface area contributed by atoms with Gasteiger partial charge in [0.15, 0.2) is 11.5 Å². The Morgan fingerprint density at radius 3 is 2.37 bits per heavy atom. The normalized spacial score (nSPS) is 18.7. The molecular formula is C30H34N4O8S. The molecule has 2 heterocycles. The van der Waals surface area contributed by atoms with E-state index in [1.165, 1.54) is 29.6 Å². The van der Waals surface area contributed by atoms with Crippen LogP contribution in [0.15, 0.2) is 71.6 Å². The van der Waals surface area contributed by atoms with Gasteiger partial charge in [0.2, 0.25) is 16.8 Å². The van der Waals surface area contributed by atoms with Crippen molar-refractivity contribution in [1.29, 1.82) is 0 Å². The largest absolute Gasteiger partial charge is 0.488 e. The van der Waals surface area contributed by atoms with Crippen LogP contribution in [0.4, 0.5) is 16.2 Å². The highest BCUT2D eigenvalue weighted by molar-refractivity contribution is 7.89. The molecule has 0 bridgehead atoms. The summed E-state index contributed by atoms with van der Waals surface area (Å²) in [6, 6.07) is 16.8. The molecule has 228 valence electrons. The maximum Gasteiger partial charge on any atom is 0.323 e. The highest BCUT2D eigenvalue weighted by Crippen LogP contribution is 2.35. The zero-order valence-electron chi connectivity index (χ0n) is 24.0. The molecule has 3 atom stereocenters. The number of aliphatic hydroxyl groups excluding tert-OH is 1. The SMILES string of the molecule is C[C@@H]1CN([C@@H](C)CO)C(=O)c2cc(NC(=O)Nc3ccc4c(c3)OCO4)ccc2O[C@@H]1CN(C)S(=O)(=O)c1ccccc1. The van der Waals surface area contributed by atoms with Crippen molar-refractivity contribution < 1.29 is 37.3 Å². The van der Waals surface area contributed by atoms with Gasteiger partial charge in [0, 0.05) is 37.0 Å². The van der Waals surface area contributed by atoms with E-state index in [1.54, 1.807) is 60.4 Å². The third-order valence-corrected chi connectivity index (χ3v) is 9.28. The molecule has 5 rings (SSSR count). The van der Waals surface area contributed by atoms with Crippen LogP contribution in [0.25, 0.3) is 0 Å². The number of hydrogen-bond acceptors (Lipinski definition) is 8. The molecule has 0 aliphatic carbocycles. The molecule has 2 aliphatic rings. The number of carbonyl (C=O) groups excluding carboxylic acids is 2. The van der Waals surface area contributed by atoms with E-state index in [0.29, 0.717) is 22.9 Å². The number of benzene rings is 3. The first-order chi connectivity index (χ1) is 20.6. The molecule has 3 amide bonds. The number of fused-ring (bicyclic) bond motifs is 2. The molecule has 13 heteroatoms. The number of carbonyl (C=O) groups is 2. The maximum atomic E-state index is 13.7. The number of rotatable bonds is 8. The van der Waals surface area contributed by atoms with E-state index in [2.05, 4.69) is 10.6 Å². The van der Waals surface area contributed by atoms with E-state index in [0.717, 1.165) is 0 Å². The Kier molecular flexibility index (Phi) is 8.76. The Hall–Kier alpha value is -4.33. The van der Waals surface area contributed by atoms with Gasteiger partial charge in [-0.1, -0.05) is 25.1 Å². The Morgan fingerprint density at radius 1 is 1.02 bits per heavy atom. The van der Waals surface area contributed by atoms with Crippen molar-refractivity contribution in [1.82, 2.24) is 9.21 Å². The molecule has 0 fully saturated rings. The Bertz CT molecular complexity index is 1600. The Morgan fingerprint density at radius 2 is 1.67 bits per heavy atom. The molecule has 0 aromatic heterocycles. The number of amides is 3. The predicted octanol–water partition coefficient (Wildman–Crippen LogP) is 3.60. The van der Waals surface area contributed by atoms with Crippen molar-refractivity contribution in [3.05, 3.63) is 72.3 Å². The summed E-state index contributed by atoms with van der Waals surface area (Å²) in [5.41, 5.74) is 0.993. The Labute approximate surface area is 250 Å². The Balaban J connectivity index is 1.38. The summed E-state index contributed by atoms with van der Waals surface area (Å²) in [6.45, 7) is 3.68. The van der Waals surface area contributed by atoms with Gasteiger partial charge in [-0.15, -0.1) is 0 Å². The summed E-state index contributed by atoms with van der Waals surface area (Å²) in [4.78, 5) is 28.2. The second-order valence-electron chi connectivity index (χ2n) is 10.6. The molecule has 43 heavy (non-hydrogen) atoms. The number of nitrogens with one attached hydrogen (secondary N) is 2. The number of urea groups is 1. The average molecular weight is 611 g/mol. The fourth-order valence-electron chi connectivity index (χ4n) is 4.91. The fraction of sp³-hybridized carbons (Fsp3) is 0.333. The highest BCUT2D eigenvalue weighted by atomic mass is 32.2. The zero-order chi connectivity index (χ0) is 30.7. The van der Waals surface area contributed by atoms with Crippen LogP contribution in [0.2, 0.25) is 0 Å². The lowest BCUT2D eigenvalue weighted by atomic mass is 9.99. The quantitative estimate of drug-likeness (QED) is 0.351. The fourth-order valence-corrected chi connectivity index (χ4v) is 6.11. The van der Waals surface area contributed by atoms with Gasteiger partial charge in [0.1, 0.15) is 11.9 Å². The smallest absolute Gasteiger partial charge is 0.323 e. The summed E-state index contributed by atoms with van der Waals surface area (Å²) < 4.78 is 44.7. The first-order valence-electron chi connectivity index (χ1n) is 13.8. The van der Waals surface area contributed by atoms with Gasteiger partial charge in [0.25, 0.3) is 5.91 Å². The third-order valence-electron chi connectivity index (χ3n) is 7.44. The monoisotopic (exact) mass is 610 g/mol. The standard InChI is InChI=1S/C30H34N4O8S/c1-19-15-34(20(2)17-35)29(36)24-13-21(31-30(37)32-22-10-12-26-27(14-22)41-18-40-26)9-11-25(24)42-28(19)16-33(3)43(38,39)23-7-5-4-6-8-23/h4-14,19-20,28,35H,15-18H2,1-3H3,(H2,31,32,37)/t19-,20+,28-/m1/s1. The minimum atomic E-state index is -3.79. The number of likely N-dealkylation sites (N-methyl/N-ethyl adjacent to an activating group) is 1. The van der Waals surface area contributed by atoms with Crippen LogP contribution >= 0.6 is 0 Å². The molecule has 3 N–H and O–H groups in total. The van der Waals surface area contributed by atoms with Crippen molar-refractivity contribution >= 4 is 33.3 Å². The summed E-state index contributed by atoms with van der Waals surface area (Å²) in [6.07, 6.45) is -0.628. The summed E-state index contributed by atoms with van der Waals surface area (Å²) >= 11 is 0. The lowest BCUT2D eigenvalue weighted by Gasteiger charge is -2.38. The van der Waals surface area contributed by atoms with E-state index >= 15 is 0 Å². The molecule has 12 nitrogen and oxygen atoms in total. The van der Waals surface area contributed by atoms with Crippen molar-refractivity contribution in [3.63, 3.8) is 0 Å². The van der Waals surface area contributed by atoms with Gasteiger partial charge in [-0.25, -0.2) is 13.2 Å². The topological polar surface area (TPSA) is 147 Å². The molecule has 0 spiro atoms. The summed E-state index contributed by atoms with van der Waals surface area (Å²) in [5, 5.41) is 15.4. The van der Waals surface area contributed by atoms with E-state index in [9.17, 15) is 23.1 Å². The first-order valence-corrected chi connectivity index (χ1v) is 15.2. The number of sulfonamides is 1. The van der Waals surface area contributed by atoms with Crippen LogP contribution < -0.4 is 24.8 Å². The molecule has 3 aromatic carbocycles. The van der Waals surface area contributed by atoms with Gasteiger partial charge in [0.05, 0.1) is 29.7 Å². The van der Waals surface area contributed by atoms with E-state index < -0.39 is 28.2 Å². The van der Waals surface area contributed by atoms with E-state index in [4.69, 9.17) is 14.2 Å². The molecule has 0 saturated carbocycles. The van der Waals surface area contributed by atoms with Crippen molar-refractivity contribution in [2.75, 3.05) is 44.2 Å². The van der Waals surface area contributed by atoms with Gasteiger partial charge in [-0.05, 0) is 49.4 Å². The van der Waals surface area contributed by atoms with E-state index in [1.807, 2.05) is 6.92 Å². The molecular weight excluding hydrogens is 576 g/mol. The molecule has 0 radical (unpaired) electrons. The maximum absolute atomic E-state index is 13.7. The second kappa shape index (κ2) is 12.5. The molecule has 2 aliphatic heterocycles. The molecule has 0 saturated heterocycles. The van der Waals surface area contributed by atoms with E-state index in [-0.39, 0.29) is 54.5 Å². The number of anilines is 2. The molecule has 3 aromatic rings. The predicted molar refractivity (Wildman–Crippen MR) is 159 cm³/mol. The van der Waals surface area contributed by atoms with Crippen LogP contribution in [0.1, 0.15) is 24.2 Å². The second-order valence-corrected chi connectivity index (χ2v) is 12.6. The van der Waals surface area contributed by atoms with Gasteiger partial charge in [-0.3, -0.25) is 4.79 Å². The minimum absolute atomic E-state index is 0.0192. The van der Waals surface area contributed by atoms with Crippen LogP contribution in [-0.4, -0.2) is 80.4 Å². The first kappa shape index (κ1) is 30.1. The van der Waals surface area contributed by atoms with Gasteiger partial charge in [-0.2, -0.15) is 4.31 Å². The van der Waals surface area contributed by atoms with Crippen LogP contribution in [0, 0.1) is 5.92 Å². The highest BCUT2D eigenvalue weighted by Gasteiger charge is 2.35. The summed E-state index contributed by atoms with van der Waals surface area (Å²) in [5.74, 6) is 0.677. The van der Waals surface area contributed by atoms with Crippen molar-refractivity contribution in [2.24, 2.45) is 5.92 Å². The van der Waals surface area contributed by atoms with Crippen molar-refractivity contribution in [2.45, 2.75) is 30.9 Å². The van der Waals surface area contributed by atoms with Crippen LogP contribution in [0.3, 0.4) is 0 Å². The van der Waals surface area contributed by atoms with Crippen LogP contribution in [-0.2, 0) is 10.0 Å². The average Bonchev–Trinajstić information content (AvgIpc) is 3.47. The van der Waals surface area contributed by atoms with Gasteiger partial charge >= 0.3 is 6.03 Å². The van der Waals surface area contributed by atoms with Crippen LogP contribution in [0.5, 0.6) is 17.2 Å². The zero-order valence-corrected chi connectivity index (χ0v) is 24.8. The van der Waals surface area contributed by atoms with Crippen molar-refractivity contribution in [3.8, 4) is 17.2 Å². The number of hydrogen-bond donors (Lipinski definition) is 3. The third kappa shape index (κ3) is 6.53. The number of aliphatic hydroxyl groups is 1. The lowest BCUT2D eigenvalue weighted by Crippen LogP contribution is -2.50. The number of ether oxygens (including phenoxy) is 3. The molecule has 0 unspecified atom stereocenters. The lowest BCUT2D eigenvalue weighted by molar-refractivity contribution is 0.0387. The summed E-state index contributed by atoms with van der Waals surface area (Å²) in [7, 11) is -2.30. The van der Waals surface area contributed by atoms with Gasteiger partial charge < -0.3 is 34.9 Å².